The van der Waals surface area contributed by atoms with E-state index >= 15 is 0 Å². The third-order valence-electron chi connectivity index (χ3n) is 2.98. The SMILES string of the molecule is O=C(CNC(=O)NCc1ccccc1)NN=Cc1ccc(Cl)cc1. The van der Waals surface area contributed by atoms with Crippen LogP contribution in [-0.4, -0.2) is 24.7 Å². The normalized spacial score (nSPS) is 10.4. The van der Waals surface area contributed by atoms with Crippen molar-refractivity contribution < 1.29 is 9.59 Å². The number of hydrogen-bond acceptors (Lipinski definition) is 3. The second-order valence-corrected chi connectivity index (χ2v) is 5.30. The minimum atomic E-state index is -0.421. The number of rotatable bonds is 6. The quantitative estimate of drug-likeness (QED) is 0.555. The van der Waals surface area contributed by atoms with E-state index in [1.54, 1.807) is 24.3 Å². The first kappa shape index (κ1) is 17.5. The van der Waals surface area contributed by atoms with Crippen molar-refractivity contribution in [2.24, 2.45) is 5.10 Å². The van der Waals surface area contributed by atoms with Gasteiger partial charge in [0.2, 0.25) is 0 Å². The molecule has 0 saturated heterocycles. The van der Waals surface area contributed by atoms with E-state index in [0.717, 1.165) is 11.1 Å². The van der Waals surface area contributed by atoms with Crippen LogP contribution in [0.5, 0.6) is 0 Å². The highest BCUT2D eigenvalue weighted by molar-refractivity contribution is 6.30. The van der Waals surface area contributed by atoms with E-state index < -0.39 is 11.9 Å². The van der Waals surface area contributed by atoms with Crippen LogP contribution in [0.3, 0.4) is 0 Å². The van der Waals surface area contributed by atoms with Gasteiger partial charge in [0, 0.05) is 11.6 Å². The summed E-state index contributed by atoms with van der Waals surface area (Å²) in [5.74, 6) is -0.421. The predicted octanol–water partition coefficient (Wildman–Crippen LogP) is 2.29. The van der Waals surface area contributed by atoms with Crippen LogP contribution in [0.2, 0.25) is 5.02 Å². The molecule has 124 valence electrons. The van der Waals surface area contributed by atoms with Crippen LogP contribution in [-0.2, 0) is 11.3 Å². The van der Waals surface area contributed by atoms with Gasteiger partial charge in [-0.25, -0.2) is 10.2 Å². The molecule has 2 rings (SSSR count). The maximum Gasteiger partial charge on any atom is 0.315 e. The minimum Gasteiger partial charge on any atom is -0.334 e. The molecular weight excluding hydrogens is 328 g/mol. The second-order valence-electron chi connectivity index (χ2n) is 4.87. The van der Waals surface area contributed by atoms with Gasteiger partial charge in [-0.15, -0.1) is 0 Å². The van der Waals surface area contributed by atoms with E-state index in [2.05, 4.69) is 21.2 Å². The molecule has 0 radical (unpaired) electrons. The fourth-order valence-corrected chi connectivity index (χ4v) is 1.89. The molecule has 0 aliphatic heterocycles. The second kappa shape index (κ2) is 9.32. The predicted molar refractivity (Wildman–Crippen MR) is 93.9 cm³/mol. The van der Waals surface area contributed by atoms with E-state index in [-0.39, 0.29) is 6.54 Å². The zero-order valence-corrected chi connectivity index (χ0v) is 13.6. The van der Waals surface area contributed by atoms with Gasteiger partial charge in [0.15, 0.2) is 0 Å². The molecule has 0 heterocycles. The Morgan fingerprint density at radius 1 is 1.00 bits per heavy atom. The summed E-state index contributed by atoms with van der Waals surface area (Å²) in [4.78, 5) is 23.2. The van der Waals surface area contributed by atoms with Crippen molar-refractivity contribution in [1.29, 1.82) is 0 Å². The molecule has 0 aliphatic rings. The molecule has 3 N–H and O–H groups in total. The summed E-state index contributed by atoms with van der Waals surface area (Å²) >= 11 is 5.77. The van der Waals surface area contributed by atoms with Gasteiger partial charge < -0.3 is 10.6 Å². The van der Waals surface area contributed by atoms with Crippen LogP contribution in [0, 0.1) is 0 Å². The van der Waals surface area contributed by atoms with Crippen LogP contribution in [0.4, 0.5) is 4.79 Å². The Morgan fingerprint density at radius 3 is 2.42 bits per heavy atom. The average Bonchev–Trinajstić information content (AvgIpc) is 2.61. The van der Waals surface area contributed by atoms with Gasteiger partial charge in [0.05, 0.1) is 6.21 Å². The number of carbonyl (C=O) groups is 2. The summed E-state index contributed by atoms with van der Waals surface area (Å²) in [6.45, 7) is 0.224. The number of nitrogens with zero attached hydrogens (tertiary/aromatic N) is 1. The number of carbonyl (C=O) groups excluding carboxylic acids is 2. The maximum absolute atomic E-state index is 11.6. The highest BCUT2D eigenvalue weighted by Crippen LogP contribution is 2.07. The number of hydrazone groups is 1. The lowest BCUT2D eigenvalue weighted by Gasteiger charge is -2.06. The van der Waals surface area contributed by atoms with Gasteiger partial charge in [-0.05, 0) is 23.3 Å². The molecule has 2 aromatic rings. The number of hydrogen-bond donors (Lipinski definition) is 3. The molecule has 0 aliphatic carbocycles. The highest BCUT2D eigenvalue weighted by Gasteiger charge is 2.04. The van der Waals surface area contributed by atoms with Gasteiger partial charge in [-0.3, -0.25) is 4.79 Å². The number of halogens is 1. The average molecular weight is 345 g/mol. The van der Waals surface area contributed by atoms with E-state index in [1.807, 2.05) is 30.3 Å². The van der Waals surface area contributed by atoms with Crippen molar-refractivity contribution in [3.05, 3.63) is 70.7 Å². The Kier molecular flexibility index (Phi) is 6.79. The highest BCUT2D eigenvalue weighted by atomic mass is 35.5. The maximum atomic E-state index is 11.6. The molecule has 0 saturated carbocycles. The van der Waals surface area contributed by atoms with Crippen LogP contribution in [0.25, 0.3) is 0 Å². The Morgan fingerprint density at radius 2 is 1.71 bits per heavy atom. The topological polar surface area (TPSA) is 82.6 Å². The van der Waals surface area contributed by atoms with E-state index in [4.69, 9.17) is 11.6 Å². The molecule has 6 nitrogen and oxygen atoms in total. The molecule has 2 aromatic carbocycles. The van der Waals surface area contributed by atoms with Gasteiger partial charge in [-0.2, -0.15) is 5.10 Å². The van der Waals surface area contributed by atoms with Gasteiger partial charge in [0.1, 0.15) is 6.54 Å². The zero-order chi connectivity index (χ0) is 17.2. The summed E-state index contributed by atoms with van der Waals surface area (Å²) in [5.41, 5.74) is 4.11. The number of nitrogens with one attached hydrogen (secondary N) is 3. The van der Waals surface area contributed by atoms with Crippen molar-refractivity contribution in [2.45, 2.75) is 6.54 Å². The van der Waals surface area contributed by atoms with Crippen LogP contribution < -0.4 is 16.1 Å². The van der Waals surface area contributed by atoms with E-state index in [9.17, 15) is 9.59 Å². The largest absolute Gasteiger partial charge is 0.334 e. The third kappa shape index (κ3) is 6.50. The first-order chi connectivity index (χ1) is 11.6. The number of amides is 3. The van der Waals surface area contributed by atoms with Crippen molar-refractivity contribution >= 4 is 29.8 Å². The standard InChI is InChI=1S/C17H17ClN4O2/c18-15-8-6-14(7-9-15)11-21-22-16(23)12-20-17(24)19-10-13-4-2-1-3-5-13/h1-9,11H,10,12H2,(H,22,23)(H2,19,20,24). The lowest BCUT2D eigenvalue weighted by Crippen LogP contribution is -2.40. The smallest absolute Gasteiger partial charge is 0.315 e. The van der Waals surface area contributed by atoms with Crippen LogP contribution in [0.15, 0.2) is 59.7 Å². The van der Waals surface area contributed by atoms with Gasteiger partial charge >= 0.3 is 6.03 Å². The van der Waals surface area contributed by atoms with Crippen molar-refractivity contribution in [1.82, 2.24) is 16.1 Å². The fraction of sp³-hybridized carbons (Fsp3) is 0.118. The lowest BCUT2D eigenvalue weighted by molar-refractivity contribution is -0.120. The van der Waals surface area contributed by atoms with Crippen LogP contribution in [0.1, 0.15) is 11.1 Å². The molecule has 3 amide bonds. The van der Waals surface area contributed by atoms with E-state index in [0.29, 0.717) is 11.6 Å². The fourth-order valence-electron chi connectivity index (χ4n) is 1.77. The van der Waals surface area contributed by atoms with Gasteiger partial charge in [-0.1, -0.05) is 54.1 Å². The summed E-state index contributed by atoms with van der Waals surface area (Å²) in [6.07, 6.45) is 1.49. The molecule has 0 bridgehead atoms. The summed E-state index contributed by atoms with van der Waals surface area (Å²) < 4.78 is 0. The Hall–Kier alpha value is -2.86. The Labute approximate surface area is 144 Å². The van der Waals surface area contributed by atoms with Crippen molar-refractivity contribution in [3.8, 4) is 0 Å². The molecule has 0 aromatic heterocycles. The summed E-state index contributed by atoms with van der Waals surface area (Å²) in [6, 6.07) is 16.1. The van der Waals surface area contributed by atoms with Crippen molar-refractivity contribution in [2.75, 3.05) is 6.54 Å². The summed E-state index contributed by atoms with van der Waals surface area (Å²) in [7, 11) is 0. The molecule has 0 unspecified atom stereocenters. The van der Waals surface area contributed by atoms with Crippen molar-refractivity contribution in [3.63, 3.8) is 0 Å². The summed E-state index contributed by atoms with van der Waals surface area (Å²) in [5, 5.41) is 9.55. The molecule has 0 spiro atoms. The Balaban J connectivity index is 1.65. The van der Waals surface area contributed by atoms with E-state index in [1.165, 1.54) is 6.21 Å². The first-order valence-electron chi connectivity index (χ1n) is 7.26. The molecular formula is C17H17ClN4O2. The molecule has 0 fully saturated rings. The molecule has 7 heteroatoms. The molecule has 0 atom stereocenters. The number of urea groups is 1. The number of benzene rings is 2. The lowest BCUT2D eigenvalue weighted by atomic mass is 10.2. The van der Waals surface area contributed by atoms with Crippen LogP contribution >= 0.6 is 11.6 Å². The van der Waals surface area contributed by atoms with Gasteiger partial charge in [0.25, 0.3) is 5.91 Å². The third-order valence-corrected chi connectivity index (χ3v) is 3.23. The minimum absolute atomic E-state index is 0.168. The first-order valence-corrected chi connectivity index (χ1v) is 7.64. The Bertz CT molecular complexity index is 702. The zero-order valence-electron chi connectivity index (χ0n) is 12.8. The molecule has 24 heavy (non-hydrogen) atoms. The monoisotopic (exact) mass is 344 g/mol.